The van der Waals surface area contributed by atoms with E-state index in [-0.39, 0.29) is 12.8 Å². The number of carboxylic acid groups (broad SMARTS) is 1. The van der Waals surface area contributed by atoms with Crippen molar-refractivity contribution in [2.75, 3.05) is 0 Å². The van der Waals surface area contributed by atoms with Crippen LogP contribution in [0.15, 0.2) is 35.5 Å². The Labute approximate surface area is 81.5 Å². The smallest absolute Gasteiger partial charge is 0.303 e. The van der Waals surface area contributed by atoms with E-state index in [1.54, 1.807) is 24.3 Å². The summed E-state index contributed by atoms with van der Waals surface area (Å²) in [5.74, 6) is -0.901. The molecule has 0 heterocycles. The molecule has 74 valence electrons. The molecule has 0 aromatic heterocycles. The zero-order valence-corrected chi connectivity index (χ0v) is 7.55. The Kier molecular flexibility index (Phi) is 3.67. The van der Waals surface area contributed by atoms with Crippen molar-refractivity contribution in [3.05, 3.63) is 35.9 Å². The summed E-state index contributed by atoms with van der Waals surface area (Å²) in [6.45, 7) is 0. The van der Waals surface area contributed by atoms with E-state index in [0.717, 1.165) is 5.56 Å². The molecule has 0 saturated heterocycles. The lowest BCUT2D eigenvalue weighted by Gasteiger charge is -2.01. The van der Waals surface area contributed by atoms with Crippen molar-refractivity contribution in [1.82, 2.24) is 0 Å². The first-order valence-electron chi connectivity index (χ1n) is 4.22. The number of hydrogen-bond acceptors (Lipinski definition) is 3. The molecule has 0 unspecified atom stereocenters. The average molecular weight is 193 g/mol. The SMILES string of the molecule is O=C(O)CC/C(=N\O)c1ccccc1. The van der Waals surface area contributed by atoms with Crippen molar-refractivity contribution in [2.24, 2.45) is 5.16 Å². The van der Waals surface area contributed by atoms with E-state index in [2.05, 4.69) is 5.16 Å². The second-order valence-corrected chi connectivity index (χ2v) is 2.81. The van der Waals surface area contributed by atoms with Gasteiger partial charge in [0.2, 0.25) is 0 Å². The third kappa shape index (κ3) is 2.90. The first-order valence-corrected chi connectivity index (χ1v) is 4.22. The first-order chi connectivity index (χ1) is 6.74. The average Bonchev–Trinajstić information content (AvgIpc) is 2.20. The summed E-state index contributed by atoms with van der Waals surface area (Å²) >= 11 is 0. The van der Waals surface area contributed by atoms with Crippen LogP contribution in [0.5, 0.6) is 0 Å². The quantitative estimate of drug-likeness (QED) is 0.434. The predicted octanol–water partition coefficient (Wildman–Crippen LogP) is 1.73. The van der Waals surface area contributed by atoms with Gasteiger partial charge in [0.05, 0.1) is 12.1 Å². The summed E-state index contributed by atoms with van der Waals surface area (Å²) in [5.41, 5.74) is 1.14. The third-order valence-corrected chi connectivity index (χ3v) is 1.80. The van der Waals surface area contributed by atoms with Crippen LogP contribution in [0.3, 0.4) is 0 Å². The van der Waals surface area contributed by atoms with Crippen LogP contribution in [0, 0.1) is 0 Å². The molecule has 0 amide bonds. The van der Waals surface area contributed by atoms with Gasteiger partial charge in [-0.05, 0) is 5.56 Å². The van der Waals surface area contributed by atoms with Crippen LogP contribution in [0.1, 0.15) is 18.4 Å². The zero-order chi connectivity index (χ0) is 10.4. The summed E-state index contributed by atoms with van der Waals surface area (Å²) in [6.07, 6.45) is 0.199. The molecule has 1 aromatic carbocycles. The zero-order valence-electron chi connectivity index (χ0n) is 7.55. The van der Waals surface area contributed by atoms with E-state index in [9.17, 15) is 4.79 Å². The number of nitrogens with zero attached hydrogens (tertiary/aromatic N) is 1. The maximum Gasteiger partial charge on any atom is 0.303 e. The van der Waals surface area contributed by atoms with Crippen molar-refractivity contribution in [3.8, 4) is 0 Å². The Hall–Kier alpha value is -1.84. The Bertz CT molecular complexity index is 332. The molecule has 1 rings (SSSR count). The van der Waals surface area contributed by atoms with Gasteiger partial charge >= 0.3 is 5.97 Å². The van der Waals surface area contributed by atoms with Crippen LogP contribution in [0.2, 0.25) is 0 Å². The topological polar surface area (TPSA) is 69.9 Å². The maximum absolute atomic E-state index is 10.3. The molecule has 0 fully saturated rings. The molecular weight excluding hydrogens is 182 g/mol. The minimum atomic E-state index is -0.901. The summed E-state index contributed by atoms with van der Waals surface area (Å²) in [4.78, 5) is 10.3. The van der Waals surface area contributed by atoms with Crippen molar-refractivity contribution in [3.63, 3.8) is 0 Å². The fourth-order valence-corrected chi connectivity index (χ4v) is 1.11. The van der Waals surface area contributed by atoms with Crippen LogP contribution in [-0.2, 0) is 4.79 Å². The highest BCUT2D eigenvalue weighted by molar-refractivity contribution is 6.01. The lowest BCUT2D eigenvalue weighted by Crippen LogP contribution is -2.05. The Morgan fingerprint density at radius 3 is 2.36 bits per heavy atom. The van der Waals surface area contributed by atoms with Gasteiger partial charge < -0.3 is 10.3 Å². The molecule has 0 atom stereocenters. The van der Waals surface area contributed by atoms with Crippen LogP contribution in [0.25, 0.3) is 0 Å². The first kappa shape index (κ1) is 10.2. The highest BCUT2D eigenvalue weighted by Crippen LogP contribution is 2.06. The van der Waals surface area contributed by atoms with Crippen LogP contribution in [0.4, 0.5) is 0 Å². The lowest BCUT2D eigenvalue weighted by atomic mass is 10.1. The molecule has 0 saturated carbocycles. The largest absolute Gasteiger partial charge is 0.481 e. The van der Waals surface area contributed by atoms with Crippen LogP contribution >= 0.6 is 0 Å². The van der Waals surface area contributed by atoms with Gasteiger partial charge in [-0.3, -0.25) is 4.79 Å². The molecule has 4 nitrogen and oxygen atoms in total. The van der Waals surface area contributed by atoms with Crippen molar-refractivity contribution in [2.45, 2.75) is 12.8 Å². The van der Waals surface area contributed by atoms with E-state index in [1.807, 2.05) is 6.07 Å². The highest BCUT2D eigenvalue weighted by atomic mass is 16.4. The molecule has 4 heteroatoms. The number of carbonyl (C=O) groups is 1. The summed E-state index contributed by atoms with van der Waals surface area (Å²) < 4.78 is 0. The molecule has 14 heavy (non-hydrogen) atoms. The van der Waals surface area contributed by atoms with Gasteiger partial charge in [-0.15, -0.1) is 0 Å². The Morgan fingerprint density at radius 1 is 1.21 bits per heavy atom. The van der Waals surface area contributed by atoms with Gasteiger partial charge in [-0.25, -0.2) is 0 Å². The summed E-state index contributed by atoms with van der Waals surface area (Å²) in [6, 6.07) is 9.01. The fourth-order valence-electron chi connectivity index (χ4n) is 1.11. The number of benzene rings is 1. The second kappa shape index (κ2) is 5.01. The molecule has 0 aliphatic carbocycles. The number of hydrogen-bond donors (Lipinski definition) is 2. The standard InChI is InChI=1S/C10H11NO3/c12-10(13)7-6-9(11-14)8-4-2-1-3-5-8/h1-5,14H,6-7H2,(H,12,13)/b11-9+. The van der Waals surface area contributed by atoms with E-state index in [0.29, 0.717) is 5.71 Å². The van der Waals surface area contributed by atoms with E-state index in [4.69, 9.17) is 10.3 Å². The van der Waals surface area contributed by atoms with E-state index < -0.39 is 5.97 Å². The third-order valence-electron chi connectivity index (χ3n) is 1.80. The summed E-state index contributed by atoms with van der Waals surface area (Å²) in [5, 5.41) is 20.2. The van der Waals surface area contributed by atoms with Gasteiger partial charge in [0, 0.05) is 6.42 Å². The van der Waals surface area contributed by atoms with Gasteiger partial charge in [-0.2, -0.15) is 0 Å². The number of oxime groups is 1. The van der Waals surface area contributed by atoms with Crippen molar-refractivity contribution >= 4 is 11.7 Å². The summed E-state index contributed by atoms with van der Waals surface area (Å²) in [7, 11) is 0. The Balaban J connectivity index is 2.69. The normalized spacial score (nSPS) is 11.3. The monoisotopic (exact) mass is 193 g/mol. The van der Waals surface area contributed by atoms with E-state index >= 15 is 0 Å². The lowest BCUT2D eigenvalue weighted by molar-refractivity contribution is -0.136. The number of rotatable bonds is 4. The highest BCUT2D eigenvalue weighted by Gasteiger charge is 2.06. The maximum atomic E-state index is 10.3. The van der Waals surface area contributed by atoms with Crippen molar-refractivity contribution in [1.29, 1.82) is 0 Å². The van der Waals surface area contributed by atoms with Gasteiger partial charge in [0.15, 0.2) is 0 Å². The molecule has 0 bridgehead atoms. The van der Waals surface area contributed by atoms with E-state index in [1.165, 1.54) is 0 Å². The molecule has 2 N–H and O–H groups in total. The molecule has 0 aliphatic heterocycles. The molecular formula is C10H11NO3. The fraction of sp³-hybridized carbons (Fsp3) is 0.200. The molecule has 0 aliphatic rings. The second-order valence-electron chi connectivity index (χ2n) is 2.81. The van der Waals surface area contributed by atoms with Gasteiger partial charge in [0.25, 0.3) is 0 Å². The number of carboxylic acids is 1. The Morgan fingerprint density at radius 2 is 1.86 bits per heavy atom. The number of aliphatic carboxylic acids is 1. The predicted molar refractivity (Wildman–Crippen MR) is 51.6 cm³/mol. The van der Waals surface area contributed by atoms with Gasteiger partial charge in [0.1, 0.15) is 0 Å². The van der Waals surface area contributed by atoms with Crippen LogP contribution in [-0.4, -0.2) is 22.0 Å². The molecule has 0 radical (unpaired) electrons. The van der Waals surface area contributed by atoms with Crippen molar-refractivity contribution < 1.29 is 15.1 Å². The van der Waals surface area contributed by atoms with Crippen LogP contribution < -0.4 is 0 Å². The molecule has 1 aromatic rings. The minimum Gasteiger partial charge on any atom is -0.481 e. The van der Waals surface area contributed by atoms with Gasteiger partial charge in [-0.1, -0.05) is 35.5 Å². The molecule has 0 spiro atoms. The minimum absolute atomic E-state index is 0.0334.